The van der Waals surface area contributed by atoms with Crippen LogP contribution in [0.2, 0.25) is 0 Å². The number of hydrogen-bond acceptors (Lipinski definition) is 5. The molecular formula is C12H13N3O2. The van der Waals surface area contributed by atoms with Crippen LogP contribution in [0, 0.1) is 0 Å². The number of esters is 1. The average molecular weight is 231 g/mol. The van der Waals surface area contributed by atoms with Gasteiger partial charge in [0.15, 0.2) is 0 Å². The molecule has 0 saturated heterocycles. The molecule has 2 aromatic rings. The smallest absolute Gasteiger partial charge is 0.329 e. The third-order valence-electron chi connectivity index (χ3n) is 2.33. The van der Waals surface area contributed by atoms with E-state index < -0.39 is 12.0 Å². The van der Waals surface area contributed by atoms with Crippen LogP contribution in [0.25, 0.3) is 11.0 Å². The van der Waals surface area contributed by atoms with Gasteiger partial charge in [0, 0.05) is 0 Å². The molecule has 5 nitrogen and oxygen atoms in total. The van der Waals surface area contributed by atoms with E-state index in [9.17, 15) is 4.79 Å². The predicted molar refractivity (Wildman–Crippen MR) is 63.1 cm³/mol. The maximum absolute atomic E-state index is 11.5. The van der Waals surface area contributed by atoms with Crippen molar-refractivity contribution in [3.05, 3.63) is 36.2 Å². The number of carbonyl (C=O) groups is 1. The topological polar surface area (TPSA) is 78.1 Å². The van der Waals surface area contributed by atoms with Gasteiger partial charge in [0.05, 0.1) is 29.5 Å². The number of fused-ring (bicyclic) bond motifs is 1. The summed E-state index contributed by atoms with van der Waals surface area (Å²) in [4.78, 5) is 19.9. The molecule has 2 N–H and O–H groups in total. The molecule has 1 heterocycles. The lowest BCUT2D eigenvalue weighted by Gasteiger charge is -2.09. The highest BCUT2D eigenvalue weighted by atomic mass is 16.5. The minimum atomic E-state index is -0.882. The van der Waals surface area contributed by atoms with E-state index in [-0.39, 0.29) is 0 Å². The summed E-state index contributed by atoms with van der Waals surface area (Å²) >= 11 is 0. The Labute approximate surface area is 98.6 Å². The second kappa shape index (κ2) is 4.88. The quantitative estimate of drug-likeness (QED) is 0.803. The highest BCUT2D eigenvalue weighted by Crippen LogP contribution is 2.13. The highest BCUT2D eigenvalue weighted by Gasteiger charge is 2.18. The molecular weight excluding hydrogens is 218 g/mol. The molecule has 0 amide bonds. The molecule has 0 aliphatic rings. The van der Waals surface area contributed by atoms with Crippen LogP contribution in [-0.4, -0.2) is 22.5 Å². The molecule has 0 radical (unpaired) electrons. The molecule has 0 aliphatic heterocycles. The summed E-state index contributed by atoms with van der Waals surface area (Å²) in [6, 6.07) is 6.52. The van der Waals surface area contributed by atoms with Crippen molar-refractivity contribution < 1.29 is 9.53 Å². The van der Waals surface area contributed by atoms with Gasteiger partial charge in [-0.3, -0.25) is 4.98 Å². The zero-order valence-corrected chi connectivity index (χ0v) is 9.46. The van der Waals surface area contributed by atoms with Gasteiger partial charge in [0.2, 0.25) is 0 Å². The highest BCUT2D eigenvalue weighted by molar-refractivity contribution is 5.78. The van der Waals surface area contributed by atoms with Crippen LogP contribution in [0.3, 0.4) is 0 Å². The SMILES string of the molecule is CCOC(=O)C(N)c1cnc2ccccc2n1. The van der Waals surface area contributed by atoms with E-state index in [1.54, 1.807) is 6.92 Å². The first-order valence-corrected chi connectivity index (χ1v) is 5.36. The lowest BCUT2D eigenvalue weighted by atomic mass is 10.2. The normalized spacial score (nSPS) is 12.4. The summed E-state index contributed by atoms with van der Waals surface area (Å²) in [5.41, 5.74) is 7.64. The lowest BCUT2D eigenvalue weighted by molar-refractivity contribution is -0.144. The minimum absolute atomic E-state index is 0.299. The zero-order chi connectivity index (χ0) is 12.3. The first-order valence-electron chi connectivity index (χ1n) is 5.36. The molecule has 17 heavy (non-hydrogen) atoms. The zero-order valence-electron chi connectivity index (χ0n) is 9.46. The number of ether oxygens (including phenoxy) is 1. The first-order chi connectivity index (χ1) is 8.22. The second-order valence-electron chi connectivity index (χ2n) is 3.51. The standard InChI is InChI=1S/C12H13N3O2/c1-2-17-12(16)11(13)10-7-14-8-5-3-4-6-9(8)15-10/h3-7,11H,2,13H2,1H3. The number of carbonyl (C=O) groups excluding carboxylic acids is 1. The van der Waals surface area contributed by atoms with E-state index in [0.717, 1.165) is 5.52 Å². The van der Waals surface area contributed by atoms with Gasteiger partial charge < -0.3 is 10.5 Å². The molecule has 1 atom stereocenters. The summed E-state index contributed by atoms with van der Waals surface area (Å²) in [7, 11) is 0. The van der Waals surface area contributed by atoms with Crippen molar-refractivity contribution in [1.82, 2.24) is 9.97 Å². The second-order valence-corrected chi connectivity index (χ2v) is 3.51. The Morgan fingerprint density at radius 2 is 2.12 bits per heavy atom. The number of nitrogens with zero attached hydrogens (tertiary/aromatic N) is 2. The van der Waals surface area contributed by atoms with E-state index >= 15 is 0 Å². The van der Waals surface area contributed by atoms with Gasteiger partial charge in [-0.1, -0.05) is 12.1 Å². The average Bonchev–Trinajstić information content (AvgIpc) is 2.37. The molecule has 0 bridgehead atoms. The van der Waals surface area contributed by atoms with Crippen LogP contribution >= 0.6 is 0 Å². The molecule has 5 heteroatoms. The molecule has 0 spiro atoms. The third kappa shape index (κ3) is 2.39. The minimum Gasteiger partial charge on any atom is -0.465 e. The molecule has 88 valence electrons. The van der Waals surface area contributed by atoms with Crippen molar-refractivity contribution in [2.75, 3.05) is 6.61 Å². The maximum atomic E-state index is 11.5. The molecule has 1 aromatic heterocycles. The number of rotatable bonds is 3. The van der Waals surface area contributed by atoms with Crippen LogP contribution in [0.1, 0.15) is 18.7 Å². The molecule has 1 aromatic carbocycles. The maximum Gasteiger partial charge on any atom is 0.329 e. The Kier molecular flexibility index (Phi) is 3.30. The summed E-state index contributed by atoms with van der Waals surface area (Å²) in [5, 5.41) is 0. The van der Waals surface area contributed by atoms with Crippen LogP contribution in [-0.2, 0) is 9.53 Å². The Morgan fingerprint density at radius 1 is 1.41 bits per heavy atom. The molecule has 0 aliphatic carbocycles. The van der Waals surface area contributed by atoms with E-state index in [2.05, 4.69) is 9.97 Å². The van der Waals surface area contributed by atoms with E-state index in [1.165, 1.54) is 6.20 Å². The Balaban J connectivity index is 2.32. The van der Waals surface area contributed by atoms with Gasteiger partial charge >= 0.3 is 5.97 Å². The number of aromatic nitrogens is 2. The van der Waals surface area contributed by atoms with Crippen LogP contribution in [0.4, 0.5) is 0 Å². The monoisotopic (exact) mass is 231 g/mol. The lowest BCUT2D eigenvalue weighted by Crippen LogP contribution is -2.24. The summed E-state index contributed by atoms with van der Waals surface area (Å²) in [6.45, 7) is 2.03. The van der Waals surface area contributed by atoms with Crippen molar-refractivity contribution in [2.45, 2.75) is 13.0 Å². The van der Waals surface area contributed by atoms with Crippen molar-refractivity contribution in [3.63, 3.8) is 0 Å². The Morgan fingerprint density at radius 3 is 2.82 bits per heavy atom. The van der Waals surface area contributed by atoms with E-state index in [4.69, 9.17) is 10.5 Å². The fourth-order valence-electron chi connectivity index (χ4n) is 1.47. The van der Waals surface area contributed by atoms with Gasteiger partial charge in [0.25, 0.3) is 0 Å². The predicted octanol–water partition coefficient (Wildman–Crippen LogP) is 1.19. The molecule has 0 fully saturated rings. The summed E-state index contributed by atoms with van der Waals surface area (Å²) < 4.78 is 4.84. The van der Waals surface area contributed by atoms with Gasteiger partial charge in [-0.2, -0.15) is 0 Å². The van der Waals surface area contributed by atoms with Crippen molar-refractivity contribution in [1.29, 1.82) is 0 Å². The fraction of sp³-hybridized carbons (Fsp3) is 0.250. The van der Waals surface area contributed by atoms with Gasteiger partial charge in [0.1, 0.15) is 6.04 Å². The van der Waals surface area contributed by atoms with Crippen LogP contribution < -0.4 is 5.73 Å². The molecule has 2 rings (SSSR count). The number of benzene rings is 1. The van der Waals surface area contributed by atoms with Crippen molar-refractivity contribution in [3.8, 4) is 0 Å². The summed E-state index contributed by atoms with van der Waals surface area (Å²) in [6.07, 6.45) is 1.50. The number of para-hydroxylation sites is 2. The summed E-state index contributed by atoms with van der Waals surface area (Å²) in [5.74, 6) is -0.489. The van der Waals surface area contributed by atoms with E-state index in [0.29, 0.717) is 17.8 Å². The largest absolute Gasteiger partial charge is 0.465 e. The van der Waals surface area contributed by atoms with Gasteiger partial charge in [-0.15, -0.1) is 0 Å². The van der Waals surface area contributed by atoms with Crippen LogP contribution in [0.5, 0.6) is 0 Å². The first kappa shape index (κ1) is 11.5. The number of hydrogen-bond donors (Lipinski definition) is 1. The van der Waals surface area contributed by atoms with Crippen LogP contribution in [0.15, 0.2) is 30.5 Å². The fourth-order valence-corrected chi connectivity index (χ4v) is 1.47. The van der Waals surface area contributed by atoms with Crippen molar-refractivity contribution in [2.24, 2.45) is 5.73 Å². The molecule has 1 unspecified atom stereocenters. The van der Waals surface area contributed by atoms with Gasteiger partial charge in [-0.05, 0) is 19.1 Å². The molecule has 0 saturated carbocycles. The van der Waals surface area contributed by atoms with Crippen molar-refractivity contribution >= 4 is 17.0 Å². The Hall–Kier alpha value is -2.01. The Bertz CT molecular complexity index is 542. The van der Waals surface area contributed by atoms with E-state index in [1.807, 2.05) is 24.3 Å². The van der Waals surface area contributed by atoms with Gasteiger partial charge in [-0.25, -0.2) is 9.78 Å². The number of nitrogens with two attached hydrogens (primary N) is 1. The third-order valence-corrected chi connectivity index (χ3v) is 2.33.